The van der Waals surface area contributed by atoms with Gasteiger partial charge in [-0.1, -0.05) is 12.1 Å². The fourth-order valence-corrected chi connectivity index (χ4v) is 4.05. The predicted octanol–water partition coefficient (Wildman–Crippen LogP) is 2.02. The molecule has 104 valence electrons. The number of phenolic OH excluding ortho intramolecular Hbond substituents is 1. The first kappa shape index (κ1) is 13.3. The second-order valence-corrected chi connectivity index (χ2v) is 6.57. The molecule has 0 amide bonds. The maximum atomic E-state index is 9.84. The van der Waals surface area contributed by atoms with E-state index >= 15 is 0 Å². The molecule has 1 fully saturated rings. The molecule has 1 atom stereocenters. The van der Waals surface area contributed by atoms with Crippen LogP contribution in [0.2, 0.25) is 0 Å². The number of hydrogen-bond acceptors (Lipinski definition) is 4. The molecular weight excluding hydrogens is 256 g/mol. The number of nitrogens with one attached hydrogen (secondary N) is 1. The molecule has 1 aromatic rings. The highest BCUT2D eigenvalue weighted by Crippen LogP contribution is 2.35. The fraction of sp³-hybridized carbons (Fsp3) is 0.600. The first-order valence-electron chi connectivity index (χ1n) is 7.19. The van der Waals surface area contributed by atoms with Crippen molar-refractivity contribution < 1.29 is 5.11 Å². The van der Waals surface area contributed by atoms with Gasteiger partial charge in [0.25, 0.3) is 0 Å². The summed E-state index contributed by atoms with van der Waals surface area (Å²) in [5.41, 5.74) is 2.45. The van der Waals surface area contributed by atoms with Crippen molar-refractivity contribution in [2.45, 2.75) is 18.9 Å². The van der Waals surface area contributed by atoms with Crippen LogP contribution in [0.1, 0.15) is 23.6 Å². The Morgan fingerprint density at radius 2 is 2.16 bits per heavy atom. The average Bonchev–Trinajstić information content (AvgIpc) is 2.85. The molecule has 0 spiro atoms. The zero-order valence-electron chi connectivity index (χ0n) is 11.3. The van der Waals surface area contributed by atoms with E-state index in [1.54, 1.807) is 6.07 Å². The molecule has 0 radical (unpaired) electrons. The normalized spacial score (nSPS) is 23.5. The number of aromatic hydroxyl groups is 1. The van der Waals surface area contributed by atoms with Gasteiger partial charge in [-0.15, -0.1) is 0 Å². The van der Waals surface area contributed by atoms with E-state index < -0.39 is 0 Å². The van der Waals surface area contributed by atoms with E-state index in [9.17, 15) is 5.11 Å². The van der Waals surface area contributed by atoms with E-state index in [-0.39, 0.29) is 0 Å². The maximum absolute atomic E-state index is 9.84. The van der Waals surface area contributed by atoms with E-state index in [0.717, 1.165) is 31.5 Å². The zero-order valence-corrected chi connectivity index (χ0v) is 12.1. The molecule has 1 saturated heterocycles. The number of benzene rings is 1. The van der Waals surface area contributed by atoms with Crippen molar-refractivity contribution in [2.75, 3.05) is 37.7 Å². The summed E-state index contributed by atoms with van der Waals surface area (Å²) in [5.74, 6) is 3.02. The summed E-state index contributed by atoms with van der Waals surface area (Å²) in [4.78, 5) is 2.54. The summed E-state index contributed by atoms with van der Waals surface area (Å²) in [5, 5.41) is 13.5. The summed E-state index contributed by atoms with van der Waals surface area (Å²) in [6.07, 6.45) is 2.11. The molecule has 0 saturated carbocycles. The van der Waals surface area contributed by atoms with Crippen LogP contribution in [0, 0.1) is 0 Å². The Bertz CT molecular complexity index is 432. The Balaban J connectivity index is 1.51. The van der Waals surface area contributed by atoms with Crippen LogP contribution in [-0.2, 0) is 6.42 Å². The predicted molar refractivity (Wildman–Crippen MR) is 80.9 cm³/mol. The molecular formula is C15H22N2OS. The van der Waals surface area contributed by atoms with Gasteiger partial charge < -0.3 is 15.3 Å². The van der Waals surface area contributed by atoms with Gasteiger partial charge in [0.2, 0.25) is 0 Å². The van der Waals surface area contributed by atoms with Crippen molar-refractivity contribution >= 4 is 11.8 Å². The molecule has 1 heterocycles. The van der Waals surface area contributed by atoms with Gasteiger partial charge in [-0.25, -0.2) is 0 Å². The van der Waals surface area contributed by atoms with Crippen molar-refractivity contribution in [3.05, 3.63) is 29.3 Å². The average molecular weight is 278 g/mol. The third-order valence-electron chi connectivity index (χ3n) is 4.17. The highest BCUT2D eigenvalue weighted by atomic mass is 32.2. The standard InChI is InChI=1S/C15H22N2OS/c18-15-3-1-2-12-13(15)4-5-14(12)16-6-7-17-8-10-19-11-9-17/h1-3,14,16,18H,4-11H2. The summed E-state index contributed by atoms with van der Waals surface area (Å²) < 4.78 is 0. The van der Waals surface area contributed by atoms with Gasteiger partial charge in [-0.05, 0) is 30.0 Å². The Labute approximate surface area is 119 Å². The minimum absolute atomic E-state index is 0.432. The summed E-state index contributed by atoms with van der Waals surface area (Å²) in [6.45, 7) is 4.65. The Morgan fingerprint density at radius 3 is 3.00 bits per heavy atom. The maximum Gasteiger partial charge on any atom is 0.119 e. The van der Waals surface area contributed by atoms with Crippen molar-refractivity contribution in [2.24, 2.45) is 0 Å². The van der Waals surface area contributed by atoms with E-state index in [2.05, 4.69) is 28.0 Å². The van der Waals surface area contributed by atoms with E-state index in [0.29, 0.717) is 11.8 Å². The summed E-state index contributed by atoms with van der Waals surface area (Å²) >= 11 is 2.06. The van der Waals surface area contributed by atoms with Crippen LogP contribution >= 0.6 is 11.8 Å². The molecule has 1 unspecified atom stereocenters. The lowest BCUT2D eigenvalue weighted by Crippen LogP contribution is -2.38. The molecule has 3 nitrogen and oxygen atoms in total. The monoisotopic (exact) mass is 278 g/mol. The lowest BCUT2D eigenvalue weighted by molar-refractivity contribution is 0.295. The van der Waals surface area contributed by atoms with Gasteiger partial charge in [-0.2, -0.15) is 11.8 Å². The first-order valence-corrected chi connectivity index (χ1v) is 8.34. The molecule has 2 aliphatic rings. The largest absolute Gasteiger partial charge is 0.508 e. The van der Waals surface area contributed by atoms with Crippen molar-refractivity contribution in [1.29, 1.82) is 0 Å². The molecule has 1 aliphatic carbocycles. The highest BCUT2D eigenvalue weighted by molar-refractivity contribution is 7.99. The molecule has 0 aromatic heterocycles. The number of thioether (sulfide) groups is 1. The molecule has 2 N–H and O–H groups in total. The quantitative estimate of drug-likeness (QED) is 0.883. The van der Waals surface area contributed by atoms with Crippen molar-refractivity contribution in [3.8, 4) is 5.75 Å². The van der Waals surface area contributed by atoms with Gasteiger partial charge in [0.15, 0.2) is 0 Å². The molecule has 1 aromatic carbocycles. The fourth-order valence-electron chi connectivity index (χ4n) is 3.07. The Morgan fingerprint density at radius 1 is 1.32 bits per heavy atom. The highest BCUT2D eigenvalue weighted by Gasteiger charge is 2.24. The minimum atomic E-state index is 0.432. The minimum Gasteiger partial charge on any atom is -0.508 e. The van der Waals surface area contributed by atoms with Crippen LogP contribution in [0.4, 0.5) is 0 Å². The smallest absolute Gasteiger partial charge is 0.119 e. The lowest BCUT2D eigenvalue weighted by Gasteiger charge is -2.26. The molecule has 0 bridgehead atoms. The van der Waals surface area contributed by atoms with Gasteiger partial charge in [-0.3, -0.25) is 0 Å². The number of fused-ring (bicyclic) bond motifs is 1. The van der Waals surface area contributed by atoms with Gasteiger partial charge in [0.05, 0.1) is 0 Å². The van der Waals surface area contributed by atoms with Crippen LogP contribution < -0.4 is 5.32 Å². The second-order valence-electron chi connectivity index (χ2n) is 5.34. The molecule has 19 heavy (non-hydrogen) atoms. The van der Waals surface area contributed by atoms with Crippen molar-refractivity contribution in [1.82, 2.24) is 10.2 Å². The van der Waals surface area contributed by atoms with E-state index in [4.69, 9.17) is 0 Å². The Hall–Kier alpha value is -0.710. The second kappa shape index (κ2) is 6.16. The summed E-state index contributed by atoms with van der Waals surface area (Å²) in [7, 11) is 0. The van der Waals surface area contributed by atoms with E-state index in [1.807, 2.05) is 6.07 Å². The zero-order chi connectivity index (χ0) is 13.1. The van der Waals surface area contributed by atoms with Crippen LogP contribution in [0.5, 0.6) is 5.75 Å². The molecule has 4 heteroatoms. The molecule has 1 aliphatic heterocycles. The summed E-state index contributed by atoms with van der Waals surface area (Å²) in [6, 6.07) is 6.33. The molecule has 3 rings (SSSR count). The number of nitrogens with zero attached hydrogens (tertiary/aromatic N) is 1. The van der Waals surface area contributed by atoms with Crippen LogP contribution in [0.15, 0.2) is 18.2 Å². The SMILES string of the molecule is Oc1cccc2c1CCC2NCCN1CCSCC1. The number of hydrogen-bond donors (Lipinski definition) is 2. The van der Waals surface area contributed by atoms with Crippen LogP contribution in [-0.4, -0.2) is 47.7 Å². The van der Waals surface area contributed by atoms with E-state index in [1.165, 1.54) is 30.2 Å². The first-order chi connectivity index (χ1) is 9.34. The lowest BCUT2D eigenvalue weighted by atomic mass is 10.1. The third-order valence-corrected chi connectivity index (χ3v) is 5.11. The topological polar surface area (TPSA) is 35.5 Å². The van der Waals surface area contributed by atoms with Crippen LogP contribution in [0.3, 0.4) is 0 Å². The van der Waals surface area contributed by atoms with Crippen LogP contribution in [0.25, 0.3) is 0 Å². The van der Waals surface area contributed by atoms with Gasteiger partial charge >= 0.3 is 0 Å². The van der Waals surface area contributed by atoms with Gasteiger partial charge in [0.1, 0.15) is 5.75 Å². The van der Waals surface area contributed by atoms with Crippen molar-refractivity contribution in [3.63, 3.8) is 0 Å². The van der Waals surface area contributed by atoms with Gasteiger partial charge in [0, 0.05) is 43.7 Å². The Kier molecular flexibility index (Phi) is 4.31. The number of rotatable bonds is 4. The number of phenols is 1. The third kappa shape index (κ3) is 3.07.